The minimum absolute atomic E-state index is 0.129. The zero-order valence-electron chi connectivity index (χ0n) is 30.4. The highest BCUT2D eigenvalue weighted by Gasteiger charge is 2.32. The molecule has 1 atom stereocenters. The maximum atomic E-state index is 14.6. The van der Waals surface area contributed by atoms with Crippen molar-refractivity contribution in [3.8, 4) is 22.6 Å². The molecule has 4 aliphatic rings. The number of piperazine rings is 1. The summed E-state index contributed by atoms with van der Waals surface area (Å²) in [5.41, 5.74) is 7.09. The Morgan fingerprint density at radius 3 is 2.37 bits per heavy atom. The number of carbonyl (C=O) groups excluding carboxylic acids is 1. The number of hydrogen-bond donors (Lipinski definition) is 0. The SMILES string of the molecule is CN(C)CCCN1CCN(c2ccc(Cc3cc(C(=O)N4CCCC4CN4CCCC4)c4cc(-c5ccc6c(c5)OCO6)ccc4n3)cc2)CC1. The Hall–Kier alpha value is -4.18. The first-order valence-electron chi connectivity index (χ1n) is 19.0. The number of ether oxygens (including phenoxy) is 2. The van der Waals surface area contributed by atoms with E-state index in [2.05, 4.69) is 93.2 Å². The first-order valence-corrected chi connectivity index (χ1v) is 19.0. The van der Waals surface area contributed by atoms with Crippen LogP contribution in [0, 0.1) is 0 Å². The van der Waals surface area contributed by atoms with Gasteiger partial charge in [-0.05, 0) is 132 Å². The number of aromatic nitrogens is 1. The number of pyridine rings is 1. The molecule has 0 saturated carbocycles. The number of nitrogens with zero attached hydrogens (tertiary/aromatic N) is 6. The van der Waals surface area contributed by atoms with Gasteiger partial charge in [-0.25, -0.2) is 0 Å². The third-order valence-corrected chi connectivity index (χ3v) is 11.2. The van der Waals surface area contributed by atoms with Gasteiger partial charge in [0.05, 0.1) is 11.1 Å². The second-order valence-corrected chi connectivity index (χ2v) is 15.1. The molecule has 0 bridgehead atoms. The normalized spacial score (nSPS) is 19.5. The molecule has 3 saturated heterocycles. The molecule has 51 heavy (non-hydrogen) atoms. The minimum Gasteiger partial charge on any atom is -0.454 e. The average Bonchev–Trinajstić information content (AvgIpc) is 3.94. The highest BCUT2D eigenvalue weighted by Crippen LogP contribution is 2.37. The Morgan fingerprint density at radius 2 is 1.57 bits per heavy atom. The Balaban J connectivity index is 1.04. The molecule has 1 unspecified atom stereocenters. The molecule has 268 valence electrons. The predicted molar refractivity (Wildman–Crippen MR) is 204 cm³/mol. The molecular formula is C42H52N6O3. The first kappa shape index (κ1) is 33.9. The molecular weight excluding hydrogens is 637 g/mol. The number of likely N-dealkylation sites (tertiary alicyclic amines) is 2. The summed E-state index contributed by atoms with van der Waals surface area (Å²) < 4.78 is 11.2. The van der Waals surface area contributed by atoms with Gasteiger partial charge in [-0.15, -0.1) is 0 Å². The molecule has 9 heteroatoms. The molecule has 1 aromatic heterocycles. The van der Waals surface area contributed by atoms with Gasteiger partial charge in [-0.2, -0.15) is 0 Å². The van der Waals surface area contributed by atoms with Crippen LogP contribution in [0.4, 0.5) is 5.69 Å². The summed E-state index contributed by atoms with van der Waals surface area (Å²) in [7, 11) is 4.29. The Morgan fingerprint density at radius 1 is 0.804 bits per heavy atom. The Bertz CT molecular complexity index is 1830. The first-order chi connectivity index (χ1) is 25.0. The summed E-state index contributed by atoms with van der Waals surface area (Å²) in [6.07, 6.45) is 6.54. The van der Waals surface area contributed by atoms with Crippen molar-refractivity contribution in [1.82, 2.24) is 24.6 Å². The topological polar surface area (TPSA) is 64.6 Å². The number of anilines is 1. The molecule has 9 nitrogen and oxygen atoms in total. The lowest BCUT2D eigenvalue weighted by Crippen LogP contribution is -2.46. The van der Waals surface area contributed by atoms with Crippen molar-refractivity contribution in [3.63, 3.8) is 0 Å². The molecule has 0 N–H and O–H groups in total. The van der Waals surface area contributed by atoms with Gasteiger partial charge in [0.25, 0.3) is 5.91 Å². The molecule has 1 amide bonds. The van der Waals surface area contributed by atoms with E-state index in [9.17, 15) is 4.79 Å². The fourth-order valence-electron chi connectivity index (χ4n) is 8.39. The number of rotatable bonds is 11. The summed E-state index contributed by atoms with van der Waals surface area (Å²) in [5, 5.41) is 0.905. The summed E-state index contributed by atoms with van der Waals surface area (Å²) in [4.78, 5) is 31.8. The molecule has 4 aromatic rings. The van der Waals surface area contributed by atoms with Crippen LogP contribution in [0.5, 0.6) is 11.5 Å². The number of benzene rings is 3. The predicted octanol–water partition coefficient (Wildman–Crippen LogP) is 6.00. The third kappa shape index (κ3) is 7.71. The highest BCUT2D eigenvalue weighted by molar-refractivity contribution is 6.07. The monoisotopic (exact) mass is 688 g/mol. The van der Waals surface area contributed by atoms with Crippen LogP contribution in [0.3, 0.4) is 0 Å². The molecule has 5 heterocycles. The van der Waals surface area contributed by atoms with Crippen LogP contribution >= 0.6 is 0 Å². The number of fused-ring (bicyclic) bond motifs is 2. The van der Waals surface area contributed by atoms with Gasteiger partial charge in [0, 0.05) is 68.5 Å². The van der Waals surface area contributed by atoms with Gasteiger partial charge in [-0.1, -0.05) is 24.3 Å². The maximum absolute atomic E-state index is 14.6. The van der Waals surface area contributed by atoms with E-state index in [0.29, 0.717) is 6.42 Å². The molecule has 8 rings (SSSR count). The van der Waals surface area contributed by atoms with E-state index >= 15 is 0 Å². The summed E-state index contributed by atoms with van der Waals surface area (Å²) in [6.45, 7) is 11.0. The van der Waals surface area contributed by atoms with Crippen LogP contribution in [0.1, 0.15) is 53.7 Å². The van der Waals surface area contributed by atoms with E-state index in [1.54, 1.807) is 0 Å². The zero-order chi connectivity index (χ0) is 34.7. The fraction of sp³-hybridized carbons (Fsp3) is 0.476. The van der Waals surface area contributed by atoms with Crippen LogP contribution in [-0.4, -0.2) is 123 Å². The molecule has 0 radical (unpaired) electrons. The molecule has 3 fully saturated rings. The Kier molecular flexibility index (Phi) is 10.1. The van der Waals surface area contributed by atoms with Crippen molar-refractivity contribution < 1.29 is 14.3 Å². The van der Waals surface area contributed by atoms with Gasteiger partial charge in [0.2, 0.25) is 6.79 Å². The van der Waals surface area contributed by atoms with Crippen molar-refractivity contribution in [1.29, 1.82) is 0 Å². The number of carbonyl (C=O) groups is 1. The maximum Gasteiger partial charge on any atom is 0.254 e. The zero-order valence-corrected chi connectivity index (χ0v) is 30.4. The van der Waals surface area contributed by atoms with Gasteiger partial charge >= 0.3 is 0 Å². The summed E-state index contributed by atoms with van der Waals surface area (Å²) >= 11 is 0. The highest BCUT2D eigenvalue weighted by atomic mass is 16.7. The molecule has 4 aliphatic heterocycles. The van der Waals surface area contributed by atoms with Gasteiger partial charge in [0.1, 0.15) is 0 Å². The van der Waals surface area contributed by atoms with E-state index in [1.807, 2.05) is 12.1 Å². The van der Waals surface area contributed by atoms with Gasteiger partial charge in [0.15, 0.2) is 11.5 Å². The fourth-order valence-corrected chi connectivity index (χ4v) is 8.39. The van der Waals surface area contributed by atoms with Crippen molar-refractivity contribution in [2.75, 3.05) is 91.2 Å². The van der Waals surface area contributed by atoms with Gasteiger partial charge < -0.3 is 29.1 Å². The van der Waals surface area contributed by atoms with E-state index in [1.165, 1.54) is 37.1 Å². The van der Waals surface area contributed by atoms with E-state index in [-0.39, 0.29) is 18.7 Å². The lowest BCUT2D eigenvalue weighted by molar-refractivity contribution is 0.0710. The number of hydrogen-bond acceptors (Lipinski definition) is 8. The van der Waals surface area contributed by atoms with Crippen LogP contribution in [0.25, 0.3) is 22.0 Å². The second-order valence-electron chi connectivity index (χ2n) is 15.1. The van der Waals surface area contributed by atoms with Crippen molar-refractivity contribution in [2.45, 2.75) is 44.6 Å². The lowest BCUT2D eigenvalue weighted by atomic mass is 9.98. The smallest absolute Gasteiger partial charge is 0.254 e. The molecule has 0 spiro atoms. The minimum atomic E-state index is 0.129. The van der Waals surface area contributed by atoms with Crippen LogP contribution < -0.4 is 14.4 Å². The third-order valence-electron chi connectivity index (χ3n) is 11.2. The lowest BCUT2D eigenvalue weighted by Gasteiger charge is -2.36. The number of amides is 1. The van der Waals surface area contributed by atoms with E-state index in [0.717, 1.165) is 117 Å². The second kappa shape index (κ2) is 15.2. The van der Waals surface area contributed by atoms with Crippen LogP contribution in [-0.2, 0) is 6.42 Å². The van der Waals surface area contributed by atoms with Gasteiger partial charge in [-0.3, -0.25) is 14.7 Å². The summed E-state index contributed by atoms with van der Waals surface area (Å²) in [6, 6.07) is 23.7. The summed E-state index contributed by atoms with van der Waals surface area (Å²) in [5.74, 6) is 1.65. The molecule has 0 aliphatic carbocycles. The van der Waals surface area contributed by atoms with Crippen LogP contribution in [0.15, 0.2) is 66.7 Å². The van der Waals surface area contributed by atoms with E-state index < -0.39 is 0 Å². The standard InChI is InChI=1S/C42H52N6O3/c1-44(2)16-6-19-45-21-23-47(24-22-45)35-12-8-31(9-13-35)25-34-28-38(42(49)48-20-5-7-36(48)29-46-17-3-4-18-46)37-26-32(10-14-39(37)43-34)33-11-15-40-41(27-33)51-30-50-40/h8-15,26-28,36H,3-7,16-25,29-30H2,1-2H3. The van der Waals surface area contributed by atoms with Crippen molar-refractivity contribution >= 4 is 22.5 Å². The van der Waals surface area contributed by atoms with Crippen molar-refractivity contribution in [2.24, 2.45) is 0 Å². The van der Waals surface area contributed by atoms with Crippen LogP contribution in [0.2, 0.25) is 0 Å². The quantitative estimate of drug-likeness (QED) is 0.190. The molecule has 3 aromatic carbocycles. The largest absolute Gasteiger partial charge is 0.454 e. The average molecular weight is 689 g/mol. The van der Waals surface area contributed by atoms with Crippen molar-refractivity contribution in [3.05, 3.63) is 83.6 Å². The Labute approximate surface area is 302 Å². The van der Waals surface area contributed by atoms with E-state index in [4.69, 9.17) is 14.5 Å².